The van der Waals surface area contributed by atoms with E-state index in [2.05, 4.69) is 30.9 Å². The Morgan fingerprint density at radius 2 is 1.74 bits per heavy atom. The van der Waals surface area contributed by atoms with E-state index >= 15 is 0 Å². The molecule has 9 heteroatoms. The SMILES string of the molecule is NNc1ccc(C(=O)Nc2ccc3nc(-c4ccc(-c5cc[nH]n5)cc4)cn3c2)cn1. The molecular formula is C22H18N8O. The number of hydrazine groups is 1. The number of H-pyrrole nitrogens is 1. The van der Waals surface area contributed by atoms with Crippen LogP contribution in [0, 0.1) is 0 Å². The molecule has 0 bridgehead atoms. The summed E-state index contributed by atoms with van der Waals surface area (Å²) in [5.74, 6) is 5.53. The van der Waals surface area contributed by atoms with Crippen LogP contribution in [-0.4, -0.2) is 30.5 Å². The third kappa shape index (κ3) is 3.72. The molecule has 0 spiro atoms. The van der Waals surface area contributed by atoms with E-state index in [1.54, 1.807) is 18.3 Å². The van der Waals surface area contributed by atoms with Gasteiger partial charge in [-0.25, -0.2) is 15.8 Å². The highest BCUT2D eigenvalue weighted by molar-refractivity contribution is 6.04. The second-order valence-electron chi connectivity index (χ2n) is 6.88. The molecule has 5 rings (SSSR count). The van der Waals surface area contributed by atoms with Crippen LogP contribution in [0.1, 0.15) is 10.4 Å². The molecule has 5 N–H and O–H groups in total. The van der Waals surface area contributed by atoms with E-state index in [4.69, 9.17) is 5.84 Å². The standard InChI is InChI=1S/C22H18N8O/c23-28-20-7-5-16(11-24-20)22(31)26-17-6-8-21-27-19(13-30(21)12-17)15-3-1-14(2-4-15)18-9-10-25-29-18/h1-13H,23H2,(H,24,28)(H,25,29)(H,26,31). The van der Waals surface area contributed by atoms with E-state index in [0.717, 1.165) is 28.2 Å². The van der Waals surface area contributed by atoms with Gasteiger partial charge in [0.25, 0.3) is 5.91 Å². The number of imidazole rings is 1. The highest BCUT2D eigenvalue weighted by Gasteiger charge is 2.10. The maximum absolute atomic E-state index is 12.5. The van der Waals surface area contributed by atoms with E-state index in [1.807, 2.05) is 59.3 Å². The number of benzene rings is 1. The molecule has 1 amide bonds. The summed E-state index contributed by atoms with van der Waals surface area (Å²) >= 11 is 0. The van der Waals surface area contributed by atoms with Crippen LogP contribution >= 0.6 is 0 Å². The van der Waals surface area contributed by atoms with Gasteiger partial charge in [-0.15, -0.1) is 0 Å². The fourth-order valence-corrected chi connectivity index (χ4v) is 3.25. The molecule has 0 radical (unpaired) electrons. The Morgan fingerprint density at radius 1 is 0.935 bits per heavy atom. The number of nitrogen functional groups attached to an aromatic ring is 1. The Morgan fingerprint density at radius 3 is 2.42 bits per heavy atom. The first kappa shape index (κ1) is 18.5. The summed E-state index contributed by atoms with van der Waals surface area (Å²) in [4.78, 5) is 21.2. The molecule has 0 fully saturated rings. The first-order valence-electron chi connectivity index (χ1n) is 9.53. The van der Waals surface area contributed by atoms with Gasteiger partial charge in [0.1, 0.15) is 11.5 Å². The third-order valence-corrected chi connectivity index (χ3v) is 4.86. The number of carbonyl (C=O) groups is 1. The molecule has 4 aromatic heterocycles. The van der Waals surface area contributed by atoms with E-state index < -0.39 is 0 Å². The number of aromatic nitrogens is 5. The molecule has 0 aliphatic heterocycles. The smallest absolute Gasteiger partial charge is 0.257 e. The lowest BCUT2D eigenvalue weighted by atomic mass is 10.1. The van der Waals surface area contributed by atoms with Crippen molar-refractivity contribution in [3.8, 4) is 22.5 Å². The second kappa shape index (κ2) is 7.73. The fourth-order valence-electron chi connectivity index (χ4n) is 3.25. The summed E-state index contributed by atoms with van der Waals surface area (Å²) in [6, 6.07) is 16.9. The number of fused-ring (bicyclic) bond motifs is 1. The molecule has 1 aromatic carbocycles. The predicted molar refractivity (Wildman–Crippen MR) is 118 cm³/mol. The third-order valence-electron chi connectivity index (χ3n) is 4.86. The predicted octanol–water partition coefficient (Wildman–Crippen LogP) is 3.32. The Balaban J connectivity index is 1.36. The van der Waals surface area contributed by atoms with Gasteiger partial charge < -0.3 is 15.1 Å². The Labute approximate surface area is 176 Å². The molecule has 0 atom stereocenters. The minimum absolute atomic E-state index is 0.260. The maximum Gasteiger partial charge on any atom is 0.257 e. The molecule has 4 heterocycles. The van der Waals surface area contributed by atoms with Crippen molar-refractivity contribution in [2.24, 2.45) is 5.84 Å². The normalized spacial score (nSPS) is 10.9. The van der Waals surface area contributed by atoms with Gasteiger partial charge in [0, 0.05) is 35.9 Å². The lowest BCUT2D eigenvalue weighted by molar-refractivity contribution is 0.102. The fraction of sp³-hybridized carbons (Fsp3) is 0. The summed E-state index contributed by atoms with van der Waals surface area (Å²) in [6.45, 7) is 0. The Hall–Kier alpha value is -4.50. The molecule has 0 aliphatic carbocycles. The highest BCUT2D eigenvalue weighted by atomic mass is 16.1. The van der Waals surface area contributed by atoms with E-state index in [9.17, 15) is 4.79 Å². The van der Waals surface area contributed by atoms with Gasteiger partial charge in [-0.3, -0.25) is 9.89 Å². The van der Waals surface area contributed by atoms with Crippen molar-refractivity contribution in [2.75, 3.05) is 10.7 Å². The average Bonchev–Trinajstić information content (AvgIpc) is 3.49. The van der Waals surface area contributed by atoms with Crippen LogP contribution in [0.4, 0.5) is 11.5 Å². The first-order chi connectivity index (χ1) is 15.2. The lowest BCUT2D eigenvalue weighted by Crippen LogP contribution is -2.14. The summed E-state index contributed by atoms with van der Waals surface area (Å²) in [7, 11) is 0. The molecule has 9 nitrogen and oxygen atoms in total. The monoisotopic (exact) mass is 410 g/mol. The number of nitrogens with one attached hydrogen (secondary N) is 3. The summed E-state index contributed by atoms with van der Waals surface area (Å²) < 4.78 is 1.88. The number of rotatable bonds is 5. The molecule has 0 aliphatic rings. The maximum atomic E-state index is 12.5. The van der Waals surface area contributed by atoms with Crippen LogP contribution in [0.15, 0.2) is 79.4 Å². The van der Waals surface area contributed by atoms with Gasteiger partial charge in [-0.2, -0.15) is 5.10 Å². The van der Waals surface area contributed by atoms with E-state index in [-0.39, 0.29) is 5.91 Å². The first-order valence-corrected chi connectivity index (χ1v) is 9.53. The number of pyridine rings is 2. The number of nitrogens with two attached hydrogens (primary N) is 1. The zero-order chi connectivity index (χ0) is 21.2. The summed E-state index contributed by atoms with van der Waals surface area (Å²) in [6.07, 6.45) is 7.01. The molecule has 5 aromatic rings. The summed E-state index contributed by atoms with van der Waals surface area (Å²) in [5.41, 5.74) is 8.05. The lowest BCUT2D eigenvalue weighted by Gasteiger charge is -2.06. The van der Waals surface area contributed by atoms with Gasteiger partial charge in [0.2, 0.25) is 0 Å². The van der Waals surface area contributed by atoms with Gasteiger partial charge in [0.05, 0.1) is 22.6 Å². The average molecular weight is 410 g/mol. The zero-order valence-corrected chi connectivity index (χ0v) is 16.3. The van der Waals surface area contributed by atoms with Gasteiger partial charge in [0.15, 0.2) is 0 Å². The van der Waals surface area contributed by atoms with Gasteiger partial charge in [-0.1, -0.05) is 24.3 Å². The molecule has 0 unspecified atom stereocenters. The van der Waals surface area contributed by atoms with Crippen molar-refractivity contribution in [3.05, 3.63) is 84.9 Å². The molecule has 31 heavy (non-hydrogen) atoms. The van der Waals surface area contributed by atoms with E-state index in [1.165, 1.54) is 6.20 Å². The van der Waals surface area contributed by atoms with Crippen LogP contribution in [0.2, 0.25) is 0 Å². The van der Waals surface area contributed by atoms with Crippen molar-refractivity contribution in [3.63, 3.8) is 0 Å². The van der Waals surface area contributed by atoms with Crippen molar-refractivity contribution < 1.29 is 4.79 Å². The summed E-state index contributed by atoms with van der Waals surface area (Å²) in [5, 5.41) is 9.89. The number of aromatic amines is 1. The van der Waals surface area contributed by atoms with Crippen LogP contribution in [0.5, 0.6) is 0 Å². The number of hydrogen-bond donors (Lipinski definition) is 4. The van der Waals surface area contributed by atoms with Crippen molar-refractivity contribution in [1.82, 2.24) is 24.6 Å². The number of carbonyl (C=O) groups excluding carboxylic acids is 1. The molecule has 152 valence electrons. The molecular weight excluding hydrogens is 392 g/mol. The van der Waals surface area contributed by atoms with Gasteiger partial charge >= 0.3 is 0 Å². The number of hydrogen-bond acceptors (Lipinski definition) is 6. The van der Waals surface area contributed by atoms with Crippen LogP contribution < -0.4 is 16.6 Å². The highest BCUT2D eigenvalue weighted by Crippen LogP contribution is 2.24. The van der Waals surface area contributed by atoms with Crippen LogP contribution in [-0.2, 0) is 0 Å². The Bertz CT molecular complexity index is 1340. The number of nitrogens with zero attached hydrogens (tertiary/aromatic N) is 4. The quantitative estimate of drug-likeness (QED) is 0.260. The number of anilines is 2. The van der Waals surface area contributed by atoms with Crippen molar-refractivity contribution in [1.29, 1.82) is 0 Å². The van der Waals surface area contributed by atoms with Crippen molar-refractivity contribution >= 4 is 23.1 Å². The minimum atomic E-state index is -0.260. The number of amides is 1. The van der Waals surface area contributed by atoms with Gasteiger partial charge in [-0.05, 0) is 30.3 Å². The largest absolute Gasteiger partial charge is 0.321 e. The minimum Gasteiger partial charge on any atom is -0.321 e. The van der Waals surface area contributed by atoms with Crippen LogP contribution in [0.3, 0.4) is 0 Å². The second-order valence-corrected chi connectivity index (χ2v) is 6.88. The van der Waals surface area contributed by atoms with Crippen molar-refractivity contribution in [2.45, 2.75) is 0 Å². The van der Waals surface area contributed by atoms with Crippen LogP contribution in [0.25, 0.3) is 28.2 Å². The van der Waals surface area contributed by atoms with E-state index in [0.29, 0.717) is 17.1 Å². The topological polar surface area (TPSA) is 126 Å². The molecule has 0 saturated carbocycles. The molecule has 0 saturated heterocycles. The Kier molecular flexibility index (Phi) is 4.62. The zero-order valence-electron chi connectivity index (χ0n) is 16.3.